The smallest absolute Gasteiger partial charge is 0.149 e. The summed E-state index contributed by atoms with van der Waals surface area (Å²) in [6, 6.07) is 7.38. The van der Waals surface area contributed by atoms with Gasteiger partial charge >= 0.3 is 0 Å². The van der Waals surface area contributed by atoms with Crippen LogP contribution >= 0.6 is 11.6 Å². The van der Waals surface area contributed by atoms with Crippen LogP contribution in [0.3, 0.4) is 0 Å². The van der Waals surface area contributed by atoms with Crippen LogP contribution < -0.4 is 9.64 Å². The van der Waals surface area contributed by atoms with Crippen molar-refractivity contribution in [3.63, 3.8) is 0 Å². The van der Waals surface area contributed by atoms with E-state index >= 15 is 0 Å². The minimum Gasteiger partial charge on any atom is -0.481 e. The second kappa shape index (κ2) is 8.09. The van der Waals surface area contributed by atoms with E-state index in [1.54, 1.807) is 4.90 Å². The highest BCUT2D eigenvalue weighted by Gasteiger charge is 2.09. The summed E-state index contributed by atoms with van der Waals surface area (Å²) in [4.78, 5) is 1.62. The quantitative estimate of drug-likeness (QED) is 0.837. The molecule has 1 aromatic rings. The minimum atomic E-state index is 0.453. The number of likely N-dealkylation sites (tertiary alicyclic amines) is 1. The van der Waals surface area contributed by atoms with Gasteiger partial charge in [-0.25, -0.2) is 0 Å². The Labute approximate surface area is 120 Å². The van der Waals surface area contributed by atoms with Crippen LogP contribution in [0, 0.1) is 11.8 Å². The third-order valence-electron chi connectivity index (χ3n) is 3.40. The van der Waals surface area contributed by atoms with Crippen LogP contribution in [0.4, 0.5) is 0 Å². The average Bonchev–Trinajstić information content (AvgIpc) is 2.69. The number of ether oxygens (including phenoxy) is 1. The molecule has 1 aliphatic rings. The summed E-state index contributed by atoms with van der Waals surface area (Å²) in [7, 11) is 0. The largest absolute Gasteiger partial charge is 0.481 e. The topological polar surface area (TPSA) is 13.7 Å². The normalized spacial score (nSPS) is 16.3. The number of hydrogen-bond donors (Lipinski definition) is 1. The maximum absolute atomic E-state index is 5.81. The zero-order valence-corrected chi connectivity index (χ0v) is 12.0. The van der Waals surface area contributed by atoms with Crippen LogP contribution in [0.25, 0.3) is 0 Å². The van der Waals surface area contributed by atoms with E-state index in [4.69, 9.17) is 16.3 Å². The molecular weight excluding hydrogens is 258 g/mol. The lowest BCUT2D eigenvalue weighted by atomic mass is 10.2. The van der Waals surface area contributed by atoms with Crippen molar-refractivity contribution in [2.24, 2.45) is 0 Å². The van der Waals surface area contributed by atoms with Gasteiger partial charge in [-0.05, 0) is 55.9 Å². The Morgan fingerprint density at radius 1 is 1.00 bits per heavy atom. The lowest BCUT2D eigenvalue weighted by Crippen LogP contribution is -3.11. The van der Waals surface area contributed by atoms with Crippen LogP contribution in [0.1, 0.15) is 25.7 Å². The third kappa shape index (κ3) is 5.55. The van der Waals surface area contributed by atoms with E-state index in [0.29, 0.717) is 6.61 Å². The fourth-order valence-corrected chi connectivity index (χ4v) is 2.42. The van der Waals surface area contributed by atoms with Gasteiger partial charge in [0.25, 0.3) is 0 Å². The number of hydrogen-bond acceptors (Lipinski definition) is 1. The van der Waals surface area contributed by atoms with Crippen molar-refractivity contribution < 1.29 is 9.64 Å². The Morgan fingerprint density at radius 2 is 1.68 bits per heavy atom. The predicted octanol–water partition coefficient (Wildman–Crippen LogP) is 2.18. The molecule has 0 radical (unpaired) electrons. The van der Waals surface area contributed by atoms with Crippen molar-refractivity contribution in [2.45, 2.75) is 25.7 Å². The van der Waals surface area contributed by atoms with Gasteiger partial charge in [-0.3, -0.25) is 0 Å². The van der Waals surface area contributed by atoms with Crippen molar-refractivity contribution in [3.05, 3.63) is 29.3 Å². The van der Waals surface area contributed by atoms with E-state index in [0.717, 1.165) is 17.3 Å². The van der Waals surface area contributed by atoms with Crippen LogP contribution in [-0.4, -0.2) is 26.2 Å². The minimum absolute atomic E-state index is 0.453. The molecule has 0 bridgehead atoms. The molecular formula is C16H21ClNO+. The standard InChI is InChI=1S/C16H20ClNO/c17-15-7-9-16(10-8-15)19-14-6-5-13-18-11-3-1-2-4-12-18/h7-10H,1-4,11-14H2/p+1. The Morgan fingerprint density at radius 3 is 2.37 bits per heavy atom. The molecule has 1 fully saturated rings. The monoisotopic (exact) mass is 278 g/mol. The molecule has 19 heavy (non-hydrogen) atoms. The Bertz CT molecular complexity index is 424. The molecule has 3 heteroatoms. The summed E-state index contributed by atoms with van der Waals surface area (Å²) < 4.78 is 5.53. The molecule has 1 aromatic carbocycles. The first kappa shape index (κ1) is 14.2. The molecule has 1 N–H and O–H groups in total. The van der Waals surface area contributed by atoms with E-state index in [2.05, 4.69) is 11.8 Å². The number of nitrogens with one attached hydrogen (secondary N) is 1. The van der Waals surface area contributed by atoms with Crippen molar-refractivity contribution in [1.29, 1.82) is 0 Å². The SMILES string of the molecule is Clc1ccc(OCC#CC[NH+]2CCCCCC2)cc1. The van der Waals surface area contributed by atoms with E-state index in [-0.39, 0.29) is 0 Å². The van der Waals surface area contributed by atoms with Gasteiger partial charge in [0.2, 0.25) is 0 Å². The highest BCUT2D eigenvalue weighted by molar-refractivity contribution is 6.30. The summed E-state index contributed by atoms with van der Waals surface area (Å²) in [5, 5.41) is 0.725. The maximum Gasteiger partial charge on any atom is 0.149 e. The molecule has 0 aromatic heterocycles. The van der Waals surface area contributed by atoms with Crippen molar-refractivity contribution in [3.8, 4) is 17.6 Å². The van der Waals surface area contributed by atoms with E-state index in [1.165, 1.54) is 38.8 Å². The Hall–Kier alpha value is -1.17. The number of quaternary nitrogens is 1. The molecule has 0 saturated carbocycles. The summed E-state index contributed by atoms with van der Waals surface area (Å²) in [6.07, 6.45) is 5.46. The summed E-state index contributed by atoms with van der Waals surface area (Å²) >= 11 is 5.81. The molecule has 0 amide bonds. The van der Waals surface area contributed by atoms with E-state index in [1.807, 2.05) is 24.3 Å². The molecule has 1 heterocycles. The molecule has 0 spiro atoms. The van der Waals surface area contributed by atoms with Crippen LogP contribution in [0.15, 0.2) is 24.3 Å². The van der Waals surface area contributed by atoms with Gasteiger partial charge in [0.1, 0.15) is 18.9 Å². The molecule has 2 rings (SSSR count). The van der Waals surface area contributed by atoms with Gasteiger partial charge in [0.15, 0.2) is 0 Å². The molecule has 2 nitrogen and oxygen atoms in total. The molecule has 1 aliphatic heterocycles. The van der Waals surface area contributed by atoms with E-state index in [9.17, 15) is 0 Å². The second-order valence-corrected chi connectivity index (χ2v) is 5.37. The third-order valence-corrected chi connectivity index (χ3v) is 3.65. The lowest BCUT2D eigenvalue weighted by Gasteiger charge is -2.12. The van der Waals surface area contributed by atoms with Gasteiger partial charge in [-0.1, -0.05) is 17.5 Å². The summed E-state index contributed by atoms with van der Waals surface area (Å²) in [6.45, 7) is 3.94. The molecule has 1 saturated heterocycles. The van der Waals surface area contributed by atoms with Crippen molar-refractivity contribution >= 4 is 11.6 Å². The highest BCUT2D eigenvalue weighted by Crippen LogP contribution is 2.14. The second-order valence-electron chi connectivity index (χ2n) is 4.94. The molecule has 102 valence electrons. The van der Waals surface area contributed by atoms with Crippen LogP contribution in [0.5, 0.6) is 5.75 Å². The highest BCUT2D eigenvalue weighted by atomic mass is 35.5. The van der Waals surface area contributed by atoms with Gasteiger partial charge in [0, 0.05) is 5.02 Å². The first-order valence-electron chi connectivity index (χ1n) is 7.02. The Kier molecular flexibility index (Phi) is 6.07. The van der Waals surface area contributed by atoms with Gasteiger partial charge in [-0.15, -0.1) is 0 Å². The van der Waals surface area contributed by atoms with Gasteiger partial charge < -0.3 is 9.64 Å². The average molecular weight is 279 g/mol. The zero-order chi connectivity index (χ0) is 13.3. The van der Waals surface area contributed by atoms with E-state index < -0.39 is 0 Å². The summed E-state index contributed by atoms with van der Waals surface area (Å²) in [5.41, 5.74) is 0. The molecule has 0 aliphatic carbocycles. The van der Waals surface area contributed by atoms with Gasteiger partial charge in [-0.2, -0.15) is 0 Å². The van der Waals surface area contributed by atoms with Crippen molar-refractivity contribution in [2.75, 3.05) is 26.2 Å². The molecule has 0 atom stereocenters. The number of rotatable bonds is 3. The van der Waals surface area contributed by atoms with Crippen LogP contribution in [0.2, 0.25) is 5.02 Å². The lowest BCUT2D eigenvalue weighted by molar-refractivity contribution is -0.891. The van der Waals surface area contributed by atoms with Crippen LogP contribution in [-0.2, 0) is 0 Å². The predicted molar refractivity (Wildman–Crippen MR) is 78.8 cm³/mol. The van der Waals surface area contributed by atoms with Gasteiger partial charge in [0.05, 0.1) is 13.1 Å². The van der Waals surface area contributed by atoms with Crippen molar-refractivity contribution in [1.82, 2.24) is 0 Å². The fourth-order valence-electron chi connectivity index (χ4n) is 2.29. The maximum atomic E-state index is 5.81. The molecule has 0 unspecified atom stereocenters. The first-order valence-corrected chi connectivity index (χ1v) is 7.40. The number of benzene rings is 1. The zero-order valence-electron chi connectivity index (χ0n) is 11.3. The number of halogens is 1. The first-order chi connectivity index (χ1) is 9.34. The Balaban J connectivity index is 1.67. The summed E-state index contributed by atoms with van der Waals surface area (Å²) in [5.74, 6) is 7.14. The fraction of sp³-hybridized carbons (Fsp3) is 0.500.